The normalized spacial score (nSPS) is 10.3. The van der Waals surface area contributed by atoms with Crippen molar-refractivity contribution in [3.05, 3.63) is 34.2 Å². The quantitative estimate of drug-likeness (QED) is 0.818. The van der Waals surface area contributed by atoms with Crippen LogP contribution in [-0.4, -0.2) is 22.9 Å². The van der Waals surface area contributed by atoms with Crippen LogP contribution in [0, 0.1) is 0 Å². The smallest absolute Gasteiger partial charge is 0.348 e. The number of anilines is 1. The van der Waals surface area contributed by atoms with Crippen LogP contribution in [0.4, 0.5) is 5.82 Å². The maximum absolute atomic E-state index is 11.2. The number of carbonyl (C=O) groups excluding carboxylic acids is 1. The van der Waals surface area contributed by atoms with E-state index < -0.39 is 0 Å². The van der Waals surface area contributed by atoms with Gasteiger partial charge in [0.1, 0.15) is 10.7 Å². The minimum Gasteiger partial charge on any atom is -0.465 e. The van der Waals surface area contributed by atoms with Crippen molar-refractivity contribution < 1.29 is 9.53 Å². The predicted molar refractivity (Wildman–Crippen MR) is 61.4 cm³/mol. The Hall–Kier alpha value is -1.82. The zero-order chi connectivity index (χ0) is 11.5. The molecule has 2 N–H and O–H groups in total. The van der Waals surface area contributed by atoms with Gasteiger partial charge in [0.2, 0.25) is 0 Å². The number of methoxy groups -OCH3 is 1. The van der Waals surface area contributed by atoms with Gasteiger partial charge in [0.25, 0.3) is 0 Å². The second-order valence-electron chi connectivity index (χ2n) is 3.20. The number of carbonyl (C=O) groups is 1. The Morgan fingerprint density at radius 3 is 3.00 bits per heavy atom. The summed E-state index contributed by atoms with van der Waals surface area (Å²) in [6.07, 6.45) is 1.80. The second kappa shape index (κ2) is 4.36. The van der Waals surface area contributed by atoms with Gasteiger partial charge >= 0.3 is 5.97 Å². The highest BCUT2D eigenvalue weighted by Crippen LogP contribution is 2.18. The van der Waals surface area contributed by atoms with Crippen molar-refractivity contribution in [2.45, 2.75) is 6.54 Å². The molecule has 0 amide bonds. The molecular weight excluding hydrogens is 226 g/mol. The molecule has 0 aliphatic heterocycles. The molecule has 0 bridgehead atoms. The lowest BCUT2D eigenvalue weighted by Gasteiger charge is -1.97. The molecule has 0 saturated carbocycles. The Kier molecular flexibility index (Phi) is 2.91. The molecule has 16 heavy (non-hydrogen) atoms. The SMILES string of the molecule is COC(=O)c1ccc(Cn2ccc(N)n2)s1. The number of aromatic nitrogens is 2. The fourth-order valence-corrected chi connectivity index (χ4v) is 2.22. The number of nitrogens with zero attached hydrogens (tertiary/aromatic N) is 2. The van der Waals surface area contributed by atoms with E-state index in [1.54, 1.807) is 23.0 Å². The zero-order valence-electron chi connectivity index (χ0n) is 8.71. The minimum atomic E-state index is -0.309. The maximum atomic E-state index is 11.2. The summed E-state index contributed by atoms with van der Waals surface area (Å²) in [7, 11) is 1.37. The summed E-state index contributed by atoms with van der Waals surface area (Å²) >= 11 is 1.39. The molecule has 2 aromatic rings. The lowest BCUT2D eigenvalue weighted by Crippen LogP contribution is -1.99. The van der Waals surface area contributed by atoms with Gasteiger partial charge in [-0.25, -0.2) is 4.79 Å². The van der Waals surface area contributed by atoms with Crippen LogP contribution in [0.15, 0.2) is 24.4 Å². The molecule has 0 aromatic carbocycles. The van der Waals surface area contributed by atoms with Gasteiger partial charge in [0.15, 0.2) is 0 Å². The fourth-order valence-electron chi connectivity index (χ4n) is 1.30. The lowest BCUT2D eigenvalue weighted by molar-refractivity contribution is 0.0606. The van der Waals surface area contributed by atoms with Crippen molar-refractivity contribution >= 4 is 23.1 Å². The average molecular weight is 237 g/mol. The van der Waals surface area contributed by atoms with Crippen LogP contribution in [-0.2, 0) is 11.3 Å². The summed E-state index contributed by atoms with van der Waals surface area (Å²) in [6.45, 7) is 0.610. The number of hydrogen-bond acceptors (Lipinski definition) is 5. The first-order valence-corrected chi connectivity index (χ1v) is 5.46. The molecule has 6 heteroatoms. The van der Waals surface area contributed by atoms with Crippen LogP contribution in [0.1, 0.15) is 14.5 Å². The maximum Gasteiger partial charge on any atom is 0.348 e. The molecule has 2 aromatic heterocycles. The van der Waals surface area contributed by atoms with Gasteiger partial charge in [0.05, 0.1) is 13.7 Å². The van der Waals surface area contributed by atoms with Crippen molar-refractivity contribution in [1.82, 2.24) is 9.78 Å². The number of nitrogens with two attached hydrogens (primary N) is 1. The average Bonchev–Trinajstić information content (AvgIpc) is 2.87. The van der Waals surface area contributed by atoms with E-state index in [0.717, 1.165) is 4.88 Å². The van der Waals surface area contributed by atoms with Crippen LogP contribution in [0.5, 0.6) is 0 Å². The highest BCUT2D eigenvalue weighted by Gasteiger charge is 2.09. The first-order valence-electron chi connectivity index (χ1n) is 4.65. The van der Waals surface area contributed by atoms with Gasteiger partial charge in [-0.15, -0.1) is 11.3 Å². The molecule has 0 saturated heterocycles. The van der Waals surface area contributed by atoms with Gasteiger partial charge in [-0.1, -0.05) is 0 Å². The van der Waals surface area contributed by atoms with Gasteiger partial charge in [-0.05, 0) is 18.2 Å². The van der Waals surface area contributed by atoms with Crippen LogP contribution < -0.4 is 5.73 Å². The molecule has 0 aliphatic rings. The van der Waals surface area contributed by atoms with Gasteiger partial charge < -0.3 is 10.5 Å². The van der Waals surface area contributed by atoms with Gasteiger partial charge in [0, 0.05) is 11.1 Å². The molecule has 0 atom stereocenters. The van der Waals surface area contributed by atoms with E-state index >= 15 is 0 Å². The van der Waals surface area contributed by atoms with Crippen LogP contribution in [0.3, 0.4) is 0 Å². The largest absolute Gasteiger partial charge is 0.465 e. The molecule has 5 nitrogen and oxygen atoms in total. The summed E-state index contributed by atoms with van der Waals surface area (Å²) in [5.41, 5.74) is 5.50. The molecular formula is C10H11N3O2S. The van der Waals surface area contributed by atoms with Crippen molar-refractivity contribution in [3.63, 3.8) is 0 Å². The summed E-state index contributed by atoms with van der Waals surface area (Å²) in [5.74, 6) is 0.181. The Morgan fingerprint density at radius 2 is 2.38 bits per heavy atom. The minimum absolute atomic E-state index is 0.309. The third-order valence-corrected chi connectivity index (χ3v) is 3.08. The topological polar surface area (TPSA) is 70.1 Å². The Morgan fingerprint density at radius 1 is 1.56 bits per heavy atom. The van der Waals surface area contributed by atoms with Gasteiger partial charge in [-0.3, -0.25) is 4.68 Å². The van der Waals surface area contributed by atoms with E-state index in [9.17, 15) is 4.79 Å². The highest BCUT2D eigenvalue weighted by atomic mass is 32.1. The Bertz CT molecular complexity index is 504. The Balaban J connectivity index is 2.11. The molecule has 2 rings (SSSR count). The number of nitrogen functional groups attached to an aromatic ring is 1. The highest BCUT2D eigenvalue weighted by molar-refractivity contribution is 7.13. The monoisotopic (exact) mass is 237 g/mol. The molecule has 0 fully saturated rings. The van der Waals surface area contributed by atoms with Crippen LogP contribution >= 0.6 is 11.3 Å². The zero-order valence-corrected chi connectivity index (χ0v) is 9.53. The van der Waals surface area contributed by atoms with Crippen molar-refractivity contribution in [2.24, 2.45) is 0 Å². The number of rotatable bonds is 3. The number of thiophene rings is 1. The molecule has 0 radical (unpaired) electrons. The fraction of sp³-hybridized carbons (Fsp3) is 0.200. The Labute approximate surface area is 96.4 Å². The molecule has 0 aliphatic carbocycles. The van der Waals surface area contributed by atoms with E-state index in [2.05, 4.69) is 9.84 Å². The van der Waals surface area contributed by atoms with E-state index in [-0.39, 0.29) is 5.97 Å². The second-order valence-corrected chi connectivity index (χ2v) is 4.36. The molecule has 84 valence electrons. The van der Waals surface area contributed by atoms with E-state index in [0.29, 0.717) is 17.2 Å². The summed E-state index contributed by atoms with van der Waals surface area (Å²) in [6, 6.07) is 5.36. The standard InChI is InChI=1S/C10H11N3O2S/c1-15-10(14)8-3-2-7(16-8)6-13-5-4-9(11)12-13/h2-5H,6H2,1H3,(H2,11,12). The lowest BCUT2D eigenvalue weighted by atomic mass is 10.4. The summed E-state index contributed by atoms with van der Waals surface area (Å²) in [5, 5.41) is 4.07. The van der Waals surface area contributed by atoms with E-state index in [1.807, 2.05) is 6.07 Å². The summed E-state index contributed by atoms with van der Waals surface area (Å²) < 4.78 is 6.36. The molecule has 0 spiro atoms. The predicted octanol–water partition coefficient (Wildman–Crippen LogP) is 1.36. The van der Waals surface area contributed by atoms with Crippen molar-refractivity contribution in [3.8, 4) is 0 Å². The van der Waals surface area contributed by atoms with E-state index in [4.69, 9.17) is 5.73 Å². The number of ether oxygens (including phenoxy) is 1. The van der Waals surface area contributed by atoms with E-state index in [1.165, 1.54) is 18.4 Å². The van der Waals surface area contributed by atoms with Crippen LogP contribution in [0.25, 0.3) is 0 Å². The summed E-state index contributed by atoms with van der Waals surface area (Å²) in [4.78, 5) is 12.9. The van der Waals surface area contributed by atoms with Crippen molar-refractivity contribution in [2.75, 3.05) is 12.8 Å². The van der Waals surface area contributed by atoms with Crippen molar-refractivity contribution in [1.29, 1.82) is 0 Å². The number of hydrogen-bond donors (Lipinski definition) is 1. The first kappa shape index (κ1) is 10.7. The third kappa shape index (κ3) is 2.22. The third-order valence-electron chi connectivity index (χ3n) is 2.03. The van der Waals surface area contributed by atoms with Gasteiger partial charge in [-0.2, -0.15) is 5.10 Å². The molecule has 0 unspecified atom stereocenters. The molecule has 2 heterocycles. The van der Waals surface area contributed by atoms with Crippen LogP contribution in [0.2, 0.25) is 0 Å². The first-order chi connectivity index (χ1) is 7.69. The number of esters is 1.